The number of methoxy groups -OCH3 is 1. The zero-order valence-electron chi connectivity index (χ0n) is 11.0. The lowest BCUT2D eigenvalue weighted by Crippen LogP contribution is -2.20. The Morgan fingerprint density at radius 2 is 1.68 bits per heavy atom. The molecule has 6 nitrogen and oxygen atoms in total. The summed E-state index contributed by atoms with van der Waals surface area (Å²) < 4.78 is 20.9. The zero-order valence-corrected chi connectivity index (χ0v) is 11.0. The van der Waals surface area contributed by atoms with Gasteiger partial charge < -0.3 is 24.7 Å². The van der Waals surface area contributed by atoms with Gasteiger partial charge in [0.05, 0.1) is 26.9 Å². The van der Waals surface area contributed by atoms with Crippen LogP contribution in [0.15, 0.2) is 24.3 Å². The molecule has 0 saturated carbocycles. The Balaban J connectivity index is 2.06. The maximum atomic E-state index is 10.4. The fourth-order valence-electron chi connectivity index (χ4n) is 1.34. The van der Waals surface area contributed by atoms with Crippen LogP contribution in [0.1, 0.15) is 0 Å². The molecule has 0 radical (unpaired) electrons. The topological polar surface area (TPSA) is 80.0 Å². The van der Waals surface area contributed by atoms with Gasteiger partial charge >= 0.3 is 0 Å². The van der Waals surface area contributed by atoms with E-state index in [9.17, 15) is 4.79 Å². The Hall–Kier alpha value is -1.79. The number of ether oxygens (including phenoxy) is 4. The number of nitrogens with two attached hydrogens (primary N) is 1. The summed E-state index contributed by atoms with van der Waals surface area (Å²) in [6.07, 6.45) is 0. The Morgan fingerprint density at radius 1 is 1.05 bits per heavy atom. The monoisotopic (exact) mass is 269 g/mol. The second-order valence-electron chi connectivity index (χ2n) is 3.63. The number of benzene rings is 1. The largest absolute Gasteiger partial charge is 0.493 e. The molecule has 6 heteroatoms. The SMILES string of the molecule is COc1ccccc1OCCOCCOCC(N)=O. The Bertz CT molecular complexity index is 383. The summed E-state index contributed by atoms with van der Waals surface area (Å²) in [4.78, 5) is 10.4. The predicted octanol–water partition coefficient (Wildman–Crippen LogP) is 0.593. The summed E-state index contributed by atoms with van der Waals surface area (Å²) in [6.45, 7) is 1.48. The van der Waals surface area contributed by atoms with Crippen molar-refractivity contribution >= 4 is 5.91 Å². The molecule has 0 aliphatic heterocycles. The van der Waals surface area contributed by atoms with Gasteiger partial charge in [0.2, 0.25) is 5.91 Å². The molecule has 1 aromatic carbocycles. The van der Waals surface area contributed by atoms with Gasteiger partial charge in [-0.05, 0) is 12.1 Å². The van der Waals surface area contributed by atoms with Gasteiger partial charge in [-0.25, -0.2) is 0 Å². The van der Waals surface area contributed by atoms with E-state index in [1.807, 2.05) is 24.3 Å². The fourth-order valence-corrected chi connectivity index (χ4v) is 1.34. The number of rotatable bonds is 10. The summed E-state index contributed by atoms with van der Waals surface area (Å²) >= 11 is 0. The number of hydrogen-bond donors (Lipinski definition) is 1. The minimum atomic E-state index is -0.487. The summed E-state index contributed by atoms with van der Waals surface area (Å²) in [5.74, 6) is 0.880. The lowest BCUT2D eigenvalue weighted by atomic mass is 10.3. The van der Waals surface area contributed by atoms with Crippen molar-refractivity contribution in [2.45, 2.75) is 0 Å². The van der Waals surface area contributed by atoms with Gasteiger partial charge in [-0.2, -0.15) is 0 Å². The van der Waals surface area contributed by atoms with Crippen LogP contribution in [0.2, 0.25) is 0 Å². The van der Waals surface area contributed by atoms with Gasteiger partial charge in [0.25, 0.3) is 0 Å². The van der Waals surface area contributed by atoms with Gasteiger partial charge in [0.15, 0.2) is 11.5 Å². The number of carbonyl (C=O) groups excluding carboxylic acids is 1. The van der Waals surface area contributed by atoms with Crippen LogP contribution in [0.3, 0.4) is 0 Å². The fraction of sp³-hybridized carbons (Fsp3) is 0.462. The van der Waals surface area contributed by atoms with E-state index in [-0.39, 0.29) is 6.61 Å². The highest BCUT2D eigenvalue weighted by atomic mass is 16.6. The molecule has 19 heavy (non-hydrogen) atoms. The Morgan fingerprint density at radius 3 is 2.37 bits per heavy atom. The first-order valence-corrected chi connectivity index (χ1v) is 5.93. The highest BCUT2D eigenvalue weighted by Gasteiger charge is 2.01. The summed E-state index contributed by atoms with van der Waals surface area (Å²) in [5.41, 5.74) is 4.91. The molecule has 0 atom stereocenters. The van der Waals surface area contributed by atoms with Gasteiger partial charge in [-0.3, -0.25) is 4.79 Å². The third kappa shape index (κ3) is 6.64. The van der Waals surface area contributed by atoms with Crippen LogP contribution in [0.5, 0.6) is 11.5 Å². The normalized spacial score (nSPS) is 10.2. The molecule has 1 aromatic rings. The van der Waals surface area contributed by atoms with Gasteiger partial charge in [0, 0.05) is 0 Å². The molecule has 0 heterocycles. The molecule has 0 unspecified atom stereocenters. The van der Waals surface area contributed by atoms with E-state index in [2.05, 4.69) is 0 Å². The second kappa shape index (κ2) is 9.18. The first-order valence-electron chi connectivity index (χ1n) is 5.93. The Labute approximate surface area is 112 Å². The summed E-state index contributed by atoms with van der Waals surface area (Å²) in [7, 11) is 1.59. The molecular formula is C13H19NO5. The van der Waals surface area contributed by atoms with E-state index in [1.54, 1.807) is 7.11 Å². The highest BCUT2D eigenvalue weighted by molar-refractivity contribution is 5.74. The van der Waals surface area contributed by atoms with Crippen molar-refractivity contribution < 1.29 is 23.7 Å². The van der Waals surface area contributed by atoms with Gasteiger partial charge in [-0.15, -0.1) is 0 Å². The Kier molecular flexibility index (Phi) is 7.38. The van der Waals surface area contributed by atoms with Crippen molar-refractivity contribution in [2.75, 3.05) is 40.1 Å². The van der Waals surface area contributed by atoms with E-state index in [4.69, 9.17) is 24.7 Å². The lowest BCUT2D eigenvalue weighted by molar-refractivity contribution is -0.123. The van der Waals surface area contributed by atoms with Crippen molar-refractivity contribution in [3.63, 3.8) is 0 Å². The average molecular weight is 269 g/mol. The van der Waals surface area contributed by atoms with Crippen LogP contribution >= 0.6 is 0 Å². The van der Waals surface area contributed by atoms with Crippen molar-refractivity contribution in [3.8, 4) is 11.5 Å². The standard InChI is InChI=1S/C13H19NO5/c1-16-11-4-2-3-5-12(11)19-9-8-17-6-7-18-10-13(14)15/h2-5H,6-10H2,1H3,(H2,14,15). The van der Waals surface area contributed by atoms with Crippen molar-refractivity contribution in [1.29, 1.82) is 0 Å². The third-order valence-electron chi connectivity index (χ3n) is 2.17. The number of amides is 1. The molecule has 2 N–H and O–H groups in total. The van der Waals surface area contributed by atoms with Crippen LogP contribution in [-0.2, 0) is 14.3 Å². The molecule has 0 aliphatic rings. The molecule has 0 bridgehead atoms. The molecule has 106 valence electrons. The number of carbonyl (C=O) groups is 1. The number of para-hydroxylation sites is 2. The number of hydrogen-bond acceptors (Lipinski definition) is 5. The van der Waals surface area contributed by atoms with Crippen molar-refractivity contribution in [1.82, 2.24) is 0 Å². The summed E-state index contributed by atoms with van der Waals surface area (Å²) in [5, 5.41) is 0. The molecule has 0 fully saturated rings. The minimum absolute atomic E-state index is 0.0823. The molecule has 0 aliphatic carbocycles. The van der Waals surface area contributed by atoms with E-state index in [0.29, 0.717) is 37.9 Å². The van der Waals surface area contributed by atoms with E-state index >= 15 is 0 Å². The van der Waals surface area contributed by atoms with Crippen LogP contribution in [0, 0.1) is 0 Å². The first kappa shape index (κ1) is 15.3. The first-order chi connectivity index (χ1) is 9.24. The van der Waals surface area contributed by atoms with E-state index < -0.39 is 5.91 Å². The van der Waals surface area contributed by atoms with Crippen LogP contribution < -0.4 is 15.2 Å². The van der Waals surface area contributed by atoms with E-state index in [1.165, 1.54) is 0 Å². The number of primary amides is 1. The molecule has 0 aromatic heterocycles. The van der Waals surface area contributed by atoms with E-state index in [0.717, 1.165) is 0 Å². The molecule has 0 spiro atoms. The van der Waals surface area contributed by atoms with Crippen LogP contribution in [0.25, 0.3) is 0 Å². The van der Waals surface area contributed by atoms with Crippen molar-refractivity contribution in [2.24, 2.45) is 5.73 Å². The maximum absolute atomic E-state index is 10.4. The minimum Gasteiger partial charge on any atom is -0.493 e. The lowest BCUT2D eigenvalue weighted by Gasteiger charge is -2.10. The molecule has 1 amide bonds. The van der Waals surface area contributed by atoms with Crippen molar-refractivity contribution in [3.05, 3.63) is 24.3 Å². The van der Waals surface area contributed by atoms with Gasteiger partial charge in [0.1, 0.15) is 13.2 Å². The predicted molar refractivity (Wildman–Crippen MR) is 69.3 cm³/mol. The quantitative estimate of drug-likeness (QED) is 0.629. The molecule has 1 rings (SSSR count). The average Bonchev–Trinajstić information content (AvgIpc) is 2.42. The maximum Gasteiger partial charge on any atom is 0.243 e. The smallest absolute Gasteiger partial charge is 0.243 e. The molecular weight excluding hydrogens is 250 g/mol. The summed E-state index contributed by atoms with van der Waals surface area (Å²) in [6, 6.07) is 7.40. The zero-order chi connectivity index (χ0) is 13.9. The van der Waals surface area contributed by atoms with Gasteiger partial charge in [-0.1, -0.05) is 12.1 Å². The highest BCUT2D eigenvalue weighted by Crippen LogP contribution is 2.25. The van der Waals surface area contributed by atoms with Crippen LogP contribution in [0.4, 0.5) is 0 Å². The molecule has 0 saturated heterocycles. The van der Waals surface area contributed by atoms with Crippen LogP contribution in [-0.4, -0.2) is 46.1 Å². The second-order valence-corrected chi connectivity index (χ2v) is 3.63. The third-order valence-corrected chi connectivity index (χ3v) is 2.17.